The number of hydrogen-bond acceptors (Lipinski definition) is 7. The molecule has 1 aromatic carbocycles. The van der Waals surface area contributed by atoms with Gasteiger partial charge in [0.15, 0.2) is 28.6 Å². The minimum absolute atomic E-state index is 0.508. The lowest BCUT2D eigenvalue weighted by Crippen LogP contribution is -2.03. The van der Waals surface area contributed by atoms with Crippen LogP contribution in [0.1, 0.15) is 20.8 Å². The van der Waals surface area contributed by atoms with Gasteiger partial charge in [0.05, 0.1) is 31.4 Å². The first-order valence-electron chi connectivity index (χ1n) is 9.26. The van der Waals surface area contributed by atoms with Crippen LogP contribution in [0.15, 0.2) is 24.7 Å². The number of hydrogen-bond donors (Lipinski definition) is 0. The van der Waals surface area contributed by atoms with Crippen molar-refractivity contribution in [1.29, 1.82) is 0 Å². The van der Waals surface area contributed by atoms with E-state index in [9.17, 15) is 0 Å². The molecule has 4 rings (SSSR count). The van der Waals surface area contributed by atoms with Gasteiger partial charge in [-0.15, -0.1) is 5.10 Å². The van der Waals surface area contributed by atoms with E-state index in [2.05, 4.69) is 15.2 Å². The Morgan fingerprint density at radius 2 is 1.61 bits per heavy atom. The summed E-state index contributed by atoms with van der Waals surface area (Å²) >= 11 is 0. The molecule has 0 amide bonds. The van der Waals surface area contributed by atoms with Gasteiger partial charge >= 0.3 is 0 Å². The molecule has 3 aromatic heterocycles. The quantitative estimate of drug-likeness (QED) is 0.485. The van der Waals surface area contributed by atoms with Crippen LogP contribution >= 0.6 is 0 Å². The second kappa shape index (κ2) is 7.34. The monoisotopic (exact) mass is 382 g/mol. The van der Waals surface area contributed by atoms with Crippen LogP contribution in [0.25, 0.3) is 28.1 Å². The summed E-state index contributed by atoms with van der Waals surface area (Å²) in [6, 6.07) is 3.75. The molecular weight excluding hydrogens is 360 g/mol. The predicted molar refractivity (Wildman–Crippen MR) is 104 cm³/mol. The van der Waals surface area contributed by atoms with E-state index in [4.69, 9.17) is 19.2 Å². The second-order valence-corrected chi connectivity index (χ2v) is 6.05. The molecule has 0 aliphatic carbocycles. The molecule has 28 heavy (non-hydrogen) atoms. The van der Waals surface area contributed by atoms with Gasteiger partial charge in [-0.2, -0.15) is 5.10 Å². The summed E-state index contributed by atoms with van der Waals surface area (Å²) in [5.41, 5.74) is 2.22. The standard InChI is InChI=1S/C19H22N6O3/c1-5-26-14-8-12(9-15(27-6-2)16(14)28-7-3)17-22-19-13-10-21-24(4)18(13)20-11-25(19)23-17/h8-11H,5-7H2,1-4H3. The Labute approximate surface area is 161 Å². The van der Waals surface area contributed by atoms with Gasteiger partial charge in [-0.1, -0.05) is 0 Å². The number of aryl methyl sites for hydroxylation is 1. The Morgan fingerprint density at radius 1 is 0.929 bits per heavy atom. The first-order valence-corrected chi connectivity index (χ1v) is 9.26. The summed E-state index contributed by atoms with van der Waals surface area (Å²) < 4.78 is 20.7. The first kappa shape index (κ1) is 18.0. The highest BCUT2D eigenvalue weighted by atomic mass is 16.5. The number of rotatable bonds is 7. The molecule has 0 unspecified atom stereocenters. The minimum Gasteiger partial charge on any atom is -0.490 e. The highest BCUT2D eigenvalue weighted by Crippen LogP contribution is 2.41. The lowest BCUT2D eigenvalue weighted by atomic mass is 10.1. The van der Waals surface area contributed by atoms with E-state index >= 15 is 0 Å². The molecule has 146 valence electrons. The van der Waals surface area contributed by atoms with Gasteiger partial charge in [0, 0.05) is 12.6 Å². The summed E-state index contributed by atoms with van der Waals surface area (Å²) in [6.07, 6.45) is 3.38. The molecule has 9 nitrogen and oxygen atoms in total. The van der Waals surface area contributed by atoms with E-state index < -0.39 is 0 Å². The third-order valence-corrected chi connectivity index (χ3v) is 4.24. The minimum atomic E-state index is 0.508. The molecule has 0 spiro atoms. The molecule has 0 radical (unpaired) electrons. The Balaban J connectivity index is 1.88. The van der Waals surface area contributed by atoms with Gasteiger partial charge in [0.25, 0.3) is 0 Å². The maximum atomic E-state index is 5.79. The molecule has 0 bridgehead atoms. The first-order chi connectivity index (χ1) is 13.7. The number of ether oxygens (including phenoxy) is 3. The maximum Gasteiger partial charge on any atom is 0.203 e. The van der Waals surface area contributed by atoms with Gasteiger partial charge in [0.1, 0.15) is 6.33 Å². The molecule has 0 aliphatic rings. The topological polar surface area (TPSA) is 88.6 Å². The largest absolute Gasteiger partial charge is 0.490 e. The molecule has 0 fully saturated rings. The highest BCUT2D eigenvalue weighted by Gasteiger charge is 2.19. The third-order valence-electron chi connectivity index (χ3n) is 4.24. The summed E-state index contributed by atoms with van der Waals surface area (Å²) in [4.78, 5) is 9.11. The van der Waals surface area contributed by atoms with Crippen molar-refractivity contribution in [3.63, 3.8) is 0 Å². The van der Waals surface area contributed by atoms with E-state index in [1.165, 1.54) is 0 Å². The van der Waals surface area contributed by atoms with E-state index in [-0.39, 0.29) is 0 Å². The van der Waals surface area contributed by atoms with E-state index in [1.54, 1.807) is 21.7 Å². The van der Waals surface area contributed by atoms with Crippen LogP contribution in [0.4, 0.5) is 0 Å². The van der Waals surface area contributed by atoms with Crippen LogP contribution in [-0.4, -0.2) is 49.2 Å². The zero-order valence-electron chi connectivity index (χ0n) is 16.3. The summed E-state index contributed by atoms with van der Waals surface area (Å²) in [5, 5.41) is 9.67. The summed E-state index contributed by atoms with van der Waals surface area (Å²) in [7, 11) is 1.85. The average Bonchev–Trinajstić information content (AvgIpc) is 3.28. The van der Waals surface area contributed by atoms with Crippen molar-refractivity contribution < 1.29 is 14.2 Å². The van der Waals surface area contributed by atoms with Crippen molar-refractivity contribution >= 4 is 16.7 Å². The Kier molecular flexibility index (Phi) is 4.72. The predicted octanol–water partition coefficient (Wildman–Crippen LogP) is 2.87. The van der Waals surface area contributed by atoms with Crippen molar-refractivity contribution in [2.45, 2.75) is 20.8 Å². The fourth-order valence-corrected chi connectivity index (χ4v) is 3.08. The summed E-state index contributed by atoms with van der Waals surface area (Å²) in [6.45, 7) is 7.31. The van der Waals surface area contributed by atoms with Gasteiger partial charge in [-0.25, -0.2) is 14.5 Å². The molecule has 9 heteroatoms. The molecule has 3 heterocycles. The van der Waals surface area contributed by atoms with E-state index in [1.807, 2.05) is 40.0 Å². The van der Waals surface area contributed by atoms with E-state index in [0.717, 1.165) is 16.6 Å². The third kappa shape index (κ3) is 2.98. The van der Waals surface area contributed by atoms with Gasteiger partial charge in [0.2, 0.25) is 5.75 Å². The molecule has 4 aromatic rings. The van der Waals surface area contributed by atoms with Crippen molar-refractivity contribution in [3.8, 4) is 28.6 Å². The fourth-order valence-electron chi connectivity index (χ4n) is 3.08. The molecule has 0 aliphatic heterocycles. The smallest absolute Gasteiger partial charge is 0.203 e. The Morgan fingerprint density at radius 3 is 2.25 bits per heavy atom. The van der Waals surface area contributed by atoms with Crippen LogP contribution in [0, 0.1) is 0 Å². The lowest BCUT2D eigenvalue weighted by Gasteiger charge is -2.16. The Hall–Kier alpha value is -3.36. The highest BCUT2D eigenvalue weighted by molar-refractivity contribution is 5.89. The SMILES string of the molecule is CCOc1cc(-c2nc3c4cnn(C)c4ncn3n2)cc(OCC)c1OCC. The Bertz CT molecular complexity index is 1110. The molecule has 0 saturated carbocycles. The number of benzene rings is 1. The van der Waals surface area contributed by atoms with Crippen molar-refractivity contribution in [1.82, 2.24) is 29.4 Å². The van der Waals surface area contributed by atoms with Crippen molar-refractivity contribution in [2.75, 3.05) is 19.8 Å². The average molecular weight is 382 g/mol. The fraction of sp³-hybridized carbons (Fsp3) is 0.368. The van der Waals surface area contributed by atoms with Crippen LogP contribution in [-0.2, 0) is 7.05 Å². The zero-order chi connectivity index (χ0) is 19.7. The molecule has 0 N–H and O–H groups in total. The number of fused-ring (bicyclic) bond motifs is 3. The summed E-state index contributed by atoms with van der Waals surface area (Å²) in [5.74, 6) is 2.35. The van der Waals surface area contributed by atoms with Crippen molar-refractivity contribution in [3.05, 3.63) is 24.7 Å². The maximum absolute atomic E-state index is 5.79. The van der Waals surface area contributed by atoms with Crippen molar-refractivity contribution in [2.24, 2.45) is 7.05 Å². The lowest BCUT2D eigenvalue weighted by molar-refractivity contribution is 0.261. The molecule has 0 saturated heterocycles. The molecular formula is C19H22N6O3. The van der Waals surface area contributed by atoms with Crippen LogP contribution in [0.2, 0.25) is 0 Å². The number of nitrogens with zero attached hydrogens (tertiary/aromatic N) is 6. The van der Waals surface area contributed by atoms with Gasteiger partial charge < -0.3 is 14.2 Å². The van der Waals surface area contributed by atoms with Crippen LogP contribution < -0.4 is 14.2 Å². The van der Waals surface area contributed by atoms with Gasteiger partial charge in [-0.05, 0) is 32.9 Å². The van der Waals surface area contributed by atoms with E-state index in [0.29, 0.717) is 48.5 Å². The van der Waals surface area contributed by atoms with Crippen LogP contribution in [0.3, 0.4) is 0 Å². The normalized spacial score (nSPS) is 11.3. The zero-order valence-corrected chi connectivity index (χ0v) is 16.3. The van der Waals surface area contributed by atoms with Gasteiger partial charge in [-0.3, -0.25) is 4.68 Å². The van der Waals surface area contributed by atoms with Crippen LogP contribution in [0.5, 0.6) is 17.2 Å². The molecule has 0 atom stereocenters. The number of aromatic nitrogens is 6. The second-order valence-electron chi connectivity index (χ2n) is 6.05.